The van der Waals surface area contributed by atoms with E-state index < -0.39 is 0 Å². The van der Waals surface area contributed by atoms with Gasteiger partial charge in [-0.25, -0.2) is 0 Å². The molecule has 0 saturated heterocycles. The van der Waals surface area contributed by atoms with E-state index >= 15 is 0 Å². The number of benzene rings is 1. The molecule has 144 valence electrons. The van der Waals surface area contributed by atoms with E-state index in [2.05, 4.69) is 27.1 Å². The predicted octanol–water partition coefficient (Wildman–Crippen LogP) is 4.26. The van der Waals surface area contributed by atoms with Crippen LogP contribution in [0.2, 0.25) is 0 Å². The Morgan fingerprint density at radius 1 is 1.18 bits per heavy atom. The zero-order valence-corrected chi connectivity index (χ0v) is 17.1. The number of anilines is 1. The van der Waals surface area contributed by atoms with Crippen molar-refractivity contribution in [1.29, 1.82) is 0 Å². The fourth-order valence-electron chi connectivity index (χ4n) is 2.71. The van der Waals surface area contributed by atoms with Crippen molar-refractivity contribution in [3.63, 3.8) is 0 Å². The molecular formula is C21H23N5OS. The van der Waals surface area contributed by atoms with E-state index in [0.29, 0.717) is 11.7 Å². The third-order valence-electron chi connectivity index (χ3n) is 4.08. The Labute approximate surface area is 169 Å². The van der Waals surface area contributed by atoms with Gasteiger partial charge < -0.3 is 5.32 Å². The number of allylic oxidation sites excluding steroid dienone is 1. The minimum Gasteiger partial charge on any atom is -0.325 e. The highest BCUT2D eigenvalue weighted by atomic mass is 32.2. The van der Waals surface area contributed by atoms with Crippen molar-refractivity contribution in [2.45, 2.75) is 32.5 Å². The first-order valence-electron chi connectivity index (χ1n) is 8.92. The van der Waals surface area contributed by atoms with Gasteiger partial charge in [0.05, 0.1) is 5.75 Å². The molecule has 0 bridgehead atoms. The summed E-state index contributed by atoms with van der Waals surface area (Å²) in [5.41, 5.74) is 4.89. The van der Waals surface area contributed by atoms with Crippen LogP contribution in [0, 0.1) is 13.8 Å². The van der Waals surface area contributed by atoms with Gasteiger partial charge in [0.15, 0.2) is 11.0 Å². The number of amides is 1. The molecular weight excluding hydrogens is 370 g/mol. The van der Waals surface area contributed by atoms with E-state index in [9.17, 15) is 4.79 Å². The van der Waals surface area contributed by atoms with Crippen LogP contribution in [0.4, 0.5) is 5.69 Å². The Kier molecular flexibility index (Phi) is 6.26. The molecule has 0 atom stereocenters. The lowest BCUT2D eigenvalue weighted by Gasteiger charge is -2.11. The van der Waals surface area contributed by atoms with E-state index in [-0.39, 0.29) is 11.7 Å². The maximum atomic E-state index is 12.4. The third kappa shape index (κ3) is 4.86. The number of aromatic nitrogens is 4. The zero-order valence-electron chi connectivity index (χ0n) is 16.3. The minimum atomic E-state index is -0.0750. The van der Waals surface area contributed by atoms with Gasteiger partial charge in [0.25, 0.3) is 0 Å². The molecule has 0 fully saturated rings. The number of carbonyl (C=O) groups excluding carboxylic acids is 1. The molecule has 3 rings (SSSR count). The van der Waals surface area contributed by atoms with Crippen LogP contribution in [0.15, 0.2) is 60.0 Å². The molecule has 0 aliphatic carbocycles. The molecule has 6 nitrogen and oxygen atoms in total. The van der Waals surface area contributed by atoms with Gasteiger partial charge in [-0.2, -0.15) is 0 Å². The monoisotopic (exact) mass is 393 g/mol. The molecule has 1 aromatic carbocycles. The second kappa shape index (κ2) is 8.84. The Morgan fingerprint density at radius 2 is 1.93 bits per heavy atom. The average molecular weight is 394 g/mol. The van der Waals surface area contributed by atoms with Crippen molar-refractivity contribution < 1.29 is 4.79 Å². The van der Waals surface area contributed by atoms with Gasteiger partial charge in [-0.3, -0.25) is 14.3 Å². The summed E-state index contributed by atoms with van der Waals surface area (Å²) in [5, 5.41) is 12.3. The highest BCUT2D eigenvalue weighted by Gasteiger charge is 2.16. The molecule has 2 aromatic heterocycles. The van der Waals surface area contributed by atoms with Gasteiger partial charge in [0.1, 0.15) is 0 Å². The van der Waals surface area contributed by atoms with Crippen LogP contribution in [0.25, 0.3) is 11.4 Å². The lowest BCUT2D eigenvalue weighted by Crippen LogP contribution is -2.15. The summed E-state index contributed by atoms with van der Waals surface area (Å²) in [6.07, 6.45) is 3.44. The molecule has 0 unspecified atom stereocenters. The molecule has 0 saturated carbocycles. The van der Waals surface area contributed by atoms with Crippen LogP contribution in [0.3, 0.4) is 0 Å². The number of rotatable bonds is 7. The van der Waals surface area contributed by atoms with Crippen molar-refractivity contribution in [2.75, 3.05) is 11.1 Å². The van der Waals surface area contributed by atoms with Crippen molar-refractivity contribution in [1.82, 2.24) is 19.7 Å². The Hall–Kier alpha value is -2.93. The third-order valence-corrected chi connectivity index (χ3v) is 5.05. The first kappa shape index (κ1) is 19.8. The smallest absolute Gasteiger partial charge is 0.234 e. The summed E-state index contributed by atoms with van der Waals surface area (Å²) in [5.74, 6) is 0.912. The van der Waals surface area contributed by atoms with Gasteiger partial charge in [-0.1, -0.05) is 36.0 Å². The fourth-order valence-corrected chi connectivity index (χ4v) is 3.45. The second-order valence-corrected chi connectivity index (χ2v) is 7.68. The molecule has 0 aliphatic rings. The Balaban J connectivity index is 1.75. The van der Waals surface area contributed by atoms with E-state index in [4.69, 9.17) is 0 Å². The molecule has 0 spiro atoms. The van der Waals surface area contributed by atoms with E-state index in [0.717, 1.165) is 33.8 Å². The lowest BCUT2D eigenvalue weighted by molar-refractivity contribution is -0.113. The highest BCUT2D eigenvalue weighted by molar-refractivity contribution is 7.99. The first-order chi connectivity index (χ1) is 13.4. The van der Waals surface area contributed by atoms with Crippen molar-refractivity contribution in [3.05, 3.63) is 66.0 Å². The standard InChI is InChI=1S/C21H23N5OS/c1-14(2)12-26-20(17-7-9-22-10-8-17)24-25-21(26)28-13-19(27)23-18-11-15(3)5-6-16(18)4/h5-11H,1,12-13H2,2-4H3,(H,23,27). The van der Waals surface area contributed by atoms with Gasteiger partial charge in [-0.05, 0) is 50.1 Å². The summed E-state index contributed by atoms with van der Waals surface area (Å²) in [6.45, 7) is 10.5. The Bertz CT molecular complexity index is 997. The summed E-state index contributed by atoms with van der Waals surface area (Å²) >= 11 is 1.36. The fraction of sp³-hybridized carbons (Fsp3) is 0.238. The van der Waals surface area contributed by atoms with Crippen LogP contribution in [0.5, 0.6) is 0 Å². The molecule has 1 amide bonds. The zero-order chi connectivity index (χ0) is 20.1. The van der Waals surface area contributed by atoms with Gasteiger partial charge >= 0.3 is 0 Å². The number of hydrogen-bond acceptors (Lipinski definition) is 5. The maximum absolute atomic E-state index is 12.4. The van der Waals surface area contributed by atoms with Crippen LogP contribution in [-0.2, 0) is 11.3 Å². The van der Waals surface area contributed by atoms with Gasteiger partial charge in [0, 0.05) is 30.2 Å². The van der Waals surface area contributed by atoms with Crippen LogP contribution >= 0.6 is 11.8 Å². The summed E-state index contributed by atoms with van der Waals surface area (Å²) in [6, 6.07) is 9.78. The van der Waals surface area contributed by atoms with E-state index in [1.165, 1.54) is 11.8 Å². The van der Waals surface area contributed by atoms with Gasteiger partial charge in [-0.15, -0.1) is 10.2 Å². The number of nitrogens with zero attached hydrogens (tertiary/aromatic N) is 4. The predicted molar refractivity (Wildman–Crippen MR) is 113 cm³/mol. The minimum absolute atomic E-state index is 0.0750. The quantitative estimate of drug-likeness (QED) is 0.479. The first-order valence-corrected chi connectivity index (χ1v) is 9.90. The van der Waals surface area contributed by atoms with Crippen molar-refractivity contribution >= 4 is 23.4 Å². The van der Waals surface area contributed by atoms with E-state index in [1.54, 1.807) is 12.4 Å². The SMILES string of the molecule is C=C(C)Cn1c(SCC(=O)Nc2cc(C)ccc2C)nnc1-c1ccncc1. The lowest BCUT2D eigenvalue weighted by atomic mass is 10.1. The average Bonchev–Trinajstić information content (AvgIpc) is 3.05. The van der Waals surface area contributed by atoms with E-state index in [1.807, 2.05) is 55.7 Å². The van der Waals surface area contributed by atoms with Crippen LogP contribution in [-0.4, -0.2) is 31.4 Å². The van der Waals surface area contributed by atoms with Crippen LogP contribution in [0.1, 0.15) is 18.1 Å². The maximum Gasteiger partial charge on any atom is 0.234 e. The van der Waals surface area contributed by atoms with Crippen molar-refractivity contribution in [3.8, 4) is 11.4 Å². The van der Waals surface area contributed by atoms with Crippen molar-refractivity contribution in [2.24, 2.45) is 0 Å². The van der Waals surface area contributed by atoms with Crippen LogP contribution < -0.4 is 5.32 Å². The number of hydrogen-bond donors (Lipinski definition) is 1. The number of nitrogens with one attached hydrogen (secondary N) is 1. The molecule has 1 N–H and O–H groups in total. The molecule has 2 heterocycles. The number of thioether (sulfide) groups is 1. The number of pyridine rings is 1. The highest BCUT2D eigenvalue weighted by Crippen LogP contribution is 2.25. The largest absolute Gasteiger partial charge is 0.325 e. The van der Waals surface area contributed by atoms with Gasteiger partial charge in [0.2, 0.25) is 5.91 Å². The molecule has 28 heavy (non-hydrogen) atoms. The number of carbonyl (C=O) groups is 1. The molecule has 0 aliphatic heterocycles. The summed E-state index contributed by atoms with van der Waals surface area (Å²) in [4.78, 5) is 16.5. The summed E-state index contributed by atoms with van der Waals surface area (Å²) < 4.78 is 1.98. The second-order valence-electron chi connectivity index (χ2n) is 6.74. The molecule has 3 aromatic rings. The Morgan fingerprint density at radius 3 is 2.64 bits per heavy atom. The molecule has 0 radical (unpaired) electrons. The summed E-state index contributed by atoms with van der Waals surface area (Å²) in [7, 11) is 0. The topological polar surface area (TPSA) is 72.7 Å². The molecule has 7 heteroatoms. The normalized spacial score (nSPS) is 10.7. The number of aryl methyl sites for hydroxylation is 2.